The quantitative estimate of drug-likeness (QED) is 0.492. The molecule has 180 valence electrons. The van der Waals surface area contributed by atoms with Crippen LogP contribution in [0.25, 0.3) is 0 Å². The van der Waals surface area contributed by atoms with Crippen molar-refractivity contribution < 1.29 is 30.8 Å². The molecule has 0 aliphatic heterocycles. The maximum atomic E-state index is 14.4. The fraction of sp³-hybridized carbons (Fsp3) is 0.217. The van der Waals surface area contributed by atoms with E-state index in [1.807, 2.05) is 0 Å². The lowest BCUT2D eigenvalue weighted by Gasteiger charge is -2.23. The lowest BCUT2D eigenvalue weighted by molar-refractivity contribution is -0.141. The van der Waals surface area contributed by atoms with E-state index in [1.54, 1.807) is 19.1 Å². The van der Waals surface area contributed by atoms with Crippen molar-refractivity contribution in [1.82, 2.24) is 10.3 Å². The largest absolute Gasteiger partial charge is 0.433 e. The molecule has 1 heterocycles. The van der Waals surface area contributed by atoms with E-state index < -0.39 is 33.6 Å². The zero-order chi connectivity index (χ0) is 25.1. The number of nitrogens with one attached hydrogen (secondary N) is 1. The van der Waals surface area contributed by atoms with E-state index in [4.69, 9.17) is 0 Å². The Morgan fingerprint density at radius 2 is 1.74 bits per heavy atom. The molecule has 6 nitrogen and oxygen atoms in total. The summed E-state index contributed by atoms with van der Waals surface area (Å²) in [6, 6.07) is 12.4. The molecule has 3 rings (SSSR count). The van der Waals surface area contributed by atoms with Crippen LogP contribution in [-0.2, 0) is 29.3 Å². The smallest absolute Gasteiger partial charge is 0.348 e. The first-order chi connectivity index (χ1) is 15.9. The predicted octanol–water partition coefficient (Wildman–Crippen LogP) is 4.44. The summed E-state index contributed by atoms with van der Waals surface area (Å²) in [5, 5.41) is 2.56. The highest BCUT2D eigenvalue weighted by atomic mass is 32.2. The van der Waals surface area contributed by atoms with E-state index in [9.17, 15) is 30.8 Å². The predicted molar refractivity (Wildman–Crippen MR) is 119 cm³/mol. The Balaban J connectivity index is 1.71. The summed E-state index contributed by atoms with van der Waals surface area (Å²) in [4.78, 5) is 15.7. The van der Waals surface area contributed by atoms with Crippen molar-refractivity contribution in [2.75, 3.05) is 10.6 Å². The Kier molecular flexibility index (Phi) is 7.25. The second kappa shape index (κ2) is 9.80. The van der Waals surface area contributed by atoms with E-state index in [0.717, 1.165) is 22.8 Å². The monoisotopic (exact) mass is 495 g/mol. The van der Waals surface area contributed by atoms with E-state index in [2.05, 4.69) is 10.3 Å². The number of carbonyl (C=O) groups is 1. The van der Waals surface area contributed by atoms with Crippen LogP contribution in [0.1, 0.15) is 32.7 Å². The van der Waals surface area contributed by atoms with E-state index in [1.165, 1.54) is 36.4 Å². The van der Waals surface area contributed by atoms with Gasteiger partial charge in [-0.2, -0.15) is 13.2 Å². The molecule has 0 radical (unpaired) electrons. The number of aryl methyl sites for hydroxylation is 1. The molecule has 34 heavy (non-hydrogen) atoms. The number of carbonyl (C=O) groups excluding carboxylic acids is 1. The third kappa shape index (κ3) is 6.10. The zero-order valence-electron chi connectivity index (χ0n) is 18.2. The molecule has 3 aromatic rings. The third-order valence-corrected chi connectivity index (χ3v) is 6.11. The second-order valence-corrected chi connectivity index (χ2v) is 9.50. The van der Waals surface area contributed by atoms with Gasteiger partial charge in [0.2, 0.25) is 10.0 Å². The van der Waals surface area contributed by atoms with Gasteiger partial charge in [-0.1, -0.05) is 24.3 Å². The number of amides is 1. The van der Waals surface area contributed by atoms with Crippen molar-refractivity contribution in [3.05, 3.63) is 94.6 Å². The average Bonchev–Trinajstić information content (AvgIpc) is 2.77. The lowest BCUT2D eigenvalue weighted by atomic mass is 10.1. The molecule has 1 N–H and O–H groups in total. The SMILES string of the molecule is Cc1cccc(CN(c2ccc(C(=O)NCc3ccc(C(F)(F)F)nc3)cc2)S(C)(=O)=O)c1F. The molecular weight excluding hydrogens is 474 g/mol. The van der Waals surface area contributed by atoms with Crippen LogP contribution in [0.5, 0.6) is 0 Å². The molecule has 0 aliphatic carbocycles. The van der Waals surface area contributed by atoms with E-state index in [0.29, 0.717) is 11.1 Å². The molecular formula is C23H21F4N3O3S. The number of halogens is 4. The highest BCUT2D eigenvalue weighted by Gasteiger charge is 2.32. The molecule has 0 saturated heterocycles. The maximum Gasteiger partial charge on any atom is 0.433 e. The second-order valence-electron chi connectivity index (χ2n) is 7.60. The van der Waals surface area contributed by atoms with Crippen molar-refractivity contribution in [2.45, 2.75) is 26.2 Å². The first kappa shape index (κ1) is 25.2. The van der Waals surface area contributed by atoms with Gasteiger partial charge >= 0.3 is 6.18 Å². The van der Waals surface area contributed by atoms with Gasteiger partial charge in [-0.05, 0) is 48.4 Å². The van der Waals surface area contributed by atoms with Gasteiger partial charge in [0.05, 0.1) is 18.5 Å². The van der Waals surface area contributed by atoms with Gasteiger partial charge < -0.3 is 5.32 Å². The van der Waals surface area contributed by atoms with Gasteiger partial charge in [-0.25, -0.2) is 12.8 Å². The van der Waals surface area contributed by atoms with Crippen molar-refractivity contribution >= 4 is 21.6 Å². The normalized spacial score (nSPS) is 11.8. The van der Waals surface area contributed by atoms with Crippen LogP contribution < -0.4 is 9.62 Å². The van der Waals surface area contributed by atoms with Crippen LogP contribution in [-0.4, -0.2) is 25.6 Å². The Morgan fingerprint density at radius 1 is 1.06 bits per heavy atom. The molecule has 0 aliphatic rings. The minimum Gasteiger partial charge on any atom is -0.348 e. The van der Waals surface area contributed by atoms with Crippen LogP contribution in [0.2, 0.25) is 0 Å². The minimum absolute atomic E-state index is 0.0478. The van der Waals surface area contributed by atoms with Crippen LogP contribution in [0, 0.1) is 12.7 Å². The number of pyridine rings is 1. The van der Waals surface area contributed by atoms with Gasteiger partial charge in [-0.3, -0.25) is 14.1 Å². The molecule has 11 heteroatoms. The van der Waals surface area contributed by atoms with Crippen molar-refractivity contribution in [1.29, 1.82) is 0 Å². The van der Waals surface area contributed by atoms with Gasteiger partial charge in [0.25, 0.3) is 5.91 Å². The van der Waals surface area contributed by atoms with Crippen molar-refractivity contribution in [3.8, 4) is 0 Å². The molecule has 0 atom stereocenters. The summed E-state index contributed by atoms with van der Waals surface area (Å²) < 4.78 is 77.9. The first-order valence-corrected chi connectivity index (χ1v) is 11.8. The number of anilines is 1. The lowest BCUT2D eigenvalue weighted by Crippen LogP contribution is -2.30. The average molecular weight is 495 g/mol. The van der Waals surface area contributed by atoms with Gasteiger partial charge in [-0.15, -0.1) is 0 Å². The number of hydrogen-bond acceptors (Lipinski definition) is 4. The Labute approximate surface area is 194 Å². The van der Waals surface area contributed by atoms with Gasteiger partial charge in [0.1, 0.15) is 11.5 Å². The zero-order valence-corrected chi connectivity index (χ0v) is 19.0. The van der Waals surface area contributed by atoms with Crippen molar-refractivity contribution in [3.63, 3.8) is 0 Å². The van der Waals surface area contributed by atoms with E-state index >= 15 is 0 Å². The molecule has 0 spiro atoms. The summed E-state index contributed by atoms with van der Waals surface area (Å²) in [5.74, 6) is -1.01. The number of sulfonamides is 1. The fourth-order valence-electron chi connectivity index (χ4n) is 3.15. The molecule has 0 bridgehead atoms. The minimum atomic E-state index is -4.55. The van der Waals surface area contributed by atoms with Crippen LogP contribution in [0.15, 0.2) is 60.8 Å². The summed E-state index contributed by atoms with van der Waals surface area (Å²) in [6.07, 6.45) is -2.52. The Hall–Kier alpha value is -3.47. The fourth-order valence-corrected chi connectivity index (χ4v) is 4.02. The first-order valence-electron chi connectivity index (χ1n) is 9.98. The highest BCUT2D eigenvalue weighted by Crippen LogP contribution is 2.27. The summed E-state index contributed by atoms with van der Waals surface area (Å²) >= 11 is 0. The van der Waals surface area contributed by atoms with Crippen LogP contribution in [0.4, 0.5) is 23.2 Å². The summed E-state index contributed by atoms with van der Waals surface area (Å²) in [7, 11) is -3.76. The van der Waals surface area contributed by atoms with Crippen molar-refractivity contribution in [2.24, 2.45) is 0 Å². The number of nitrogens with zero attached hydrogens (tertiary/aromatic N) is 2. The molecule has 0 saturated carbocycles. The molecule has 2 aromatic carbocycles. The van der Waals surface area contributed by atoms with Gasteiger partial charge in [0, 0.05) is 23.9 Å². The van der Waals surface area contributed by atoms with Crippen LogP contribution in [0.3, 0.4) is 0 Å². The molecule has 1 amide bonds. The highest BCUT2D eigenvalue weighted by molar-refractivity contribution is 7.92. The molecule has 1 aromatic heterocycles. The summed E-state index contributed by atoms with van der Waals surface area (Å²) in [6.45, 7) is 1.31. The number of aromatic nitrogens is 1. The maximum absolute atomic E-state index is 14.4. The number of rotatable bonds is 7. The summed E-state index contributed by atoms with van der Waals surface area (Å²) in [5.41, 5.74) is 0.393. The topological polar surface area (TPSA) is 79.4 Å². The Morgan fingerprint density at radius 3 is 2.29 bits per heavy atom. The third-order valence-electron chi connectivity index (χ3n) is 4.97. The Bertz CT molecular complexity index is 1280. The standard InChI is InChI=1S/C23H21F4N3O3S/c1-15-4-3-5-18(21(15)24)14-30(34(2,32)33)19-9-7-17(8-10-19)22(31)29-13-16-6-11-20(28-12-16)23(25,26)27/h3-12H,13-14H2,1-2H3,(H,29,31). The van der Waals surface area contributed by atoms with E-state index in [-0.39, 0.29) is 29.9 Å². The number of benzene rings is 2. The molecule has 0 unspecified atom stereocenters. The van der Waals surface area contributed by atoms with Gasteiger partial charge in [0.15, 0.2) is 0 Å². The number of hydrogen-bond donors (Lipinski definition) is 1. The molecule has 0 fully saturated rings. The number of alkyl halides is 3. The van der Waals surface area contributed by atoms with Crippen LogP contribution >= 0.6 is 0 Å².